The number of anilines is 4. The minimum Gasteiger partial charge on any atom is -0.370 e. The van der Waals surface area contributed by atoms with E-state index in [9.17, 15) is 0 Å². The van der Waals surface area contributed by atoms with Crippen molar-refractivity contribution in [3.63, 3.8) is 0 Å². The van der Waals surface area contributed by atoms with Crippen molar-refractivity contribution in [2.24, 2.45) is 0 Å². The Labute approximate surface area is 185 Å². The fourth-order valence-corrected chi connectivity index (χ4v) is 4.68. The number of benzene rings is 2. The summed E-state index contributed by atoms with van der Waals surface area (Å²) in [6, 6.07) is 13.3. The van der Waals surface area contributed by atoms with E-state index in [1.54, 1.807) is 0 Å². The molecule has 2 aromatic rings. The Balaban J connectivity index is 1.91. The van der Waals surface area contributed by atoms with Gasteiger partial charge in [-0.25, -0.2) is 0 Å². The standard InChI is InChI=1S/C24H35BrN4/c1-7-14-29(15-8-2)22-11-9-10-21-23(22)28(6)24(27(21)5)26-20-13-12-18(17(3)4)16-19(20)25/h9-13,16-17,24,26H,7-8,14-15H2,1-6H3. The Morgan fingerprint density at radius 2 is 1.72 bits per heavy atom. The molecule has 1 aliphatic heterocycles. The van der Waals surface area contributed by atoms with Crippen LogP contribution in [0.3, 0.4) is 0 Å². The number of rotatable bonds is 8. The molecule has 0 aliphatic carbocycles. The molecule has 3 rings (SSSR count). The van der Waals surface area contributed by atoms with E-state index in [2.05, 4.69) is 114 Å². The zero-order valence-corrected chi connectivity index (χ0v) is 20.3. The van der Waals surface area contributed by atoms with E-state index < -0.39 is 0 Å². The first-order valence-corrected chi connectivity index (χ1v) is 11.6. The number of nitrogens with one attached hydrogen (secondary N) is 1. The van der Waals surface area contributed by atoms with Crippen LogP contribution in [0.5, 0.6) is 0 Å². The summed E-state index contributed by atoms with van der Waals surface area (Å²) in [5.74, 6) is 0.520. The molecular formula is C24H35BrN4. The predicted octanol–water partition coefficient (Wildman–Crippen LogP) is 6.48. The molecule has 0 saturated carbocycles. The molecule has 0 spiro atoms. The van der Waals surface area contributed by atoms with Crippen LogP contribution in [-0.4, -0.2) is 33.5 Å². The summed E-state index contributed by atoms with van der Waals surface area (Å²) in [6.07, 6.45) is 2.37. The van der Waals surface area contributed by atoms with E-state index in [0.29, 0.717) is 5.92 Å². The predicted molar refractivity (Wildman–Crippen MR) is 132 cm³/mol. The molecule has 4 nitrogen and oxygen atoms in total. The molecule has 5 heteroatoms. The monoisotopic (exact) mass is 458 g/mol. The van der Waals surface area contributed by atoms with Crippen molar-refractivity contribution >= 4 is 38.7 Å². The Morgan fingerprint density at radius 1 is 1.03 bits per heavy atom. The van der Waals surface area contributed by atoms with E-state index in [1.165, 1.54) is 22.6 Å². The summed E-state index contributed by atoms with van der Waals surface area (Å²) in [7, 11) is 4.36. The van der Waals surface area contributed by atoms with E-state index in [-0.39, 0.29) is 6.29 Å². The third-order valence-electron chi connectivity index (χ3n) is 5.73. The number of para-hydroxylation sites is 1. The first-order valence-electron chi connectivity index (χ1n) is 10.8. The Morgan fingerprint density at radius 3 is 2.31 bits per heavy atom. The van der Waals surface area contributed by atoms with Gasteiger partial charge in [0.25, 0.3) is 0 Å². The highest BCUT2D eigenvalue weighted by Gasteiger charge is 2.34. The topological polar surface area (TPSA) is 21.8 Å². The van der Waals surface area contributed by atoms with Crippen molar-refractivity contribution in [1.29, 1.82) is 0 Å². The number of hydrogen-bond acceptors (Lipinski definition) is 4. The first-order chi connectivity index (χ1) is 13.9. The fourth-order valence-electron chi connectivity index (χ4n) is 4.17. The van der Waals surface area contributed by atoms with Crippen LogP contribution in [0, 0.1) is 0 Å². The van der Waals surface area contributed by atoms with Crippen LogP contribution in [0.15, 0.2) is 40.9 Å². The first kappa shape index (κ1) is 21.8. The Bertz CT molecular complexity index is 830. The number of nitrogens with zero attached hydrogens (tertiary/aromatic N) is 3. The molecule has 0 amide bonds. The minimum atomic E-state index is 0.0671. The lowest BCUT2D eigenvalue weighted by molar-refractivity contribution is 0.717. The maximum Gasteiger partial charge on any atom is 0.178 e. The van der Waals surface area contributed by atoms with Gasteiger partial charge < -0.3 is 20.0 Å². The van der Waals surface area contributed by atoms with Gasteiger partial charge in [-0.2, -0.15) is 0 Å². The van der Waals surface area contributed by atoms with Crippen LogP contribution in [0.2, 0.25) is 0 Å². The second-order valence-electron chi connectivity index (χ2n) is 8.27. The molecule has 1 N–H and O–H groups in total. The Hall–Kier alpha value is -1.88. The van der Waals surface area contributed by atoms with Crippen molar-refractivity contribution in [2.45, 2.75) is 52.7 Å². The lowest BCUT2D eigenvalue weighted by Gasteiger charge is -2.31. The molecule has 0 fully saturated rings. The van der Waals surface area contributed by atoms with Crippen molar-refractivity contribution in [3.05, 3.63) is 46.4 Å². The number of fused-ring (bicyclic) bond motifs is 1. The normalized spacial score (nSPS) is 15.8. The lowest BCUT2D eigenvalue weighted by atomic mass is 10.0. The van der Waals surface area contributed by atoms with Crippen LogP contribution in [0.4, 0.5) is 22.7 Å². The maximum atomic E-state index is 3.77. The molecule has 0 bridgehead atoms. The van der Waals surface area contributed by atoms with Crippen LogP contribution in [0.25, 0.3) is 0 Å². The van der Waals surface area contributed by atoms with Crippen LogP contribution < -0.4 is 20.0 Å². The molecule has 0 radical (unpaired) electrons. The van der Waals surface area contributed by atoms with E-state index in [0.717, 1.165) is 36.1 Å². The highest BCUT2D eigenvalue weighted by Crippen LogP contribution is 2.45. The molecule has 29 heavy (non-hydrogen) atoms. The van der Waals surface area contributed by atoms with Crippen molar-refractivity contribution in [2.75, 3.05) is 47.2 Å². The zero-order valence-electron chi connectivity index (χ0n) is 18.7. The van der Waals surface area contributed by atoms with Crippen molar-refractivity contribution in [1.82, 2.24) is 0 Å². The molecular weight excluding hydrogens is 424 g/mol. The summed E-state index contributed by atoms with van der Waals surface area (Å²) >= 11 is 3.77. The molecule has 1 atom stereocenters. The summed E-state index contributed by atoms with van der Waals surface area (Å²) in [6.45, 7) is 11.1. The van der Waals surface area contributed by atoms with Gasteiger partial charge in [-0.1, -0.05) is 39.8 Å². The summed E-state index contributed by atoms with van der Waals surface area (Å²) < 4.78 is 1.11. The maximum absolute atomic E-state index is 3.77. The lowest BCUT2D eigenvalue weighted by Crippen LogP contribution is -2.45. The van der Waals surface area contributed by atoms with Crippen LogP contribution in [-0.2, 0) is 0 Å². The zero-order chi connectivity index (χ0) is 21.1. The highest BCUT2D eigenvalue weighted by atomic mass is 79.9. The van der Waals surface area contributed by atoms with E-state index in [4.69, 9.17) is 0 Å². The van der Waals surface area contributed by atoms with Crippen LogP contribution in [0.1, 0.15) is 52.0 Å². The van der Waals surface area contributed by atoms with E-state index >= 15 is 0 Å². The average molecular weight is 459 g/mol. The number of hydrogen-bond donors (Lipinski definition) is 1. The highest BCUT2D eigenvalue weighted by molar-refractivity contribution is 9.10. The molecule has 1 unspecified atom stereocenters. The smallest absolute Gasteiger partial charge is 0.178 e. The quantitative estimate of drug-likeness (QED) is 0.488. The van der Waals surface area contributed by atoms with Gasteiger partial charge in [0.1, 0.15) is 0 Å². The van der Waals surface area contributed by atoms with Gasteiger partial charge in [0.05, 0.1) is 22.7 Å². The molecule has 1 heterocycles. The third-order valence-corrected chi connectivity index (χ3v) is 6.39. The van der Waals surface area contributed by atoms with Gasteiger partial charge in [0.15, 0.2) is 6.29 Å². The molecule has 0 saturated heterocycles. The van der Waals surface area contributed by atoms with Gasteiger partial charge in [0, 0.05) is 31.7 Å². The minimum absolute atomic E-state index is 0.0671. The van der Waals surface area contributed by atoms with Crippen molar-refractivity contribution < 1.29 is 0 Å². The van der Waals surface area contributed by atoms with Gasteiger partial charge in [-0.15, -0.1) is 0 Å². The SMILES string of the molecule is CCCN(CCC)c1cccc2c1N(C)C(Nc1ccc(C(C)C)cc1Br)N2C. The fraction of sp³-hybridized carbons (Fsp3) is 0.500. The molecule has 158 valence electrons. The number of halogens is 1. The second-order valence-corrected chi connectivity index (χ2v) is 9.12. The van der Waals surface area contributed by atoms with Gasteiger partial charge in [0.2, 0.25) is 0 Å². The third kappa shape index (κ3) is 4.35. The van der Waals surface area contributed by atoms with Gasteiger partial charge in [-0.3, -0.25) is 0 Å². The van der Waals surface area contributed by atoms with Gasteiger partial charge >= 0.3 is 0 Å². The Kier molecular flexibility index (Phi) is 6.99. The molecule has 2 aromatic carbocycles. The molecule has 1 aliphatic rings. The summed E-state index contributed by atoms with van der Waals surface area (Å²) in [4.78, 5) is 7.22. The van der Waals surface area contributed by atoms with Gasteiger partial charge in [-0.05, 0) is 64.5 Å². The van der Waals surface area contributed by atoms with E-state index in [1.807, 2.05) is 0 Å². The molecule has 0 aromatic heterocycles. The average Bonchev–Trinajstić information content (AvgIpc) is 2.94. The summed E-state index contributed by atoms with van der Waals surface area (Å²) in [5, 5.41) is 3.74. The van der Waals surface area contributed by atoms with Crippen LogP contribution >= 0.6 is 15.9 Å². The van der Waals surface area contributed by atoms with Crippen molar-refractivity contribution in [3.8, 4) is 0 Å². The largest absolute Gasteiger partial charge is 0.370 e. The summed E-state index contributed by atoms with van der Waals surface area (Å²) in [5.41, 5.74) is 6.38. The second kappa shape index (κ2) is 9.29.